The van der Waals surface area contributed by atoms with Crippen LogP contribution in [0.1, 0.15) is 21.5 Å². The highest BCUT2D eigenvalue weighted by Crippen LogP contribution is 2.35. The average Bonchev–Trinajstić information content (AvgIpc) is 2.51. The lowest BCUT2D eigenvalue weighted by Crippen LogP contribution is -2.18. The van der Waals surface area contributed by atoms with Crippen LogP contribution in [0, 0.1) is 0 Å². The highest BCUT2D eigenvalue weighted by Gasteiger charge is 2.32. The second kappa shape index (κ2) is 6.49. The number of nitrogens with one attached hydrogen (secondary N) is 1. The number of halogens is 3. The summed E-state index contributed by atoms with van der Waals surface area (Å²) in [7, 11) is 0. The molecule has 1 amide bonds. The van der Waals surface area contributed by atoms with E-state index in [0.717, 1.165) is 24.4 Å². The molecule has 0 bridgehead atoms. The van der Waals surface area contributed by atoms with Crippen LogP contribution in [-0.2, 0) is 6.18 Å². The van der Waals surface area contributed by atoms with Crippen LogP contribution < -0.4 is 5.43 Å². The van der Waals surface area contributed by atoms with Crippen molar-refractivity contribution < 1.29 is 33.3 Å². The van der Waals surface area contributed by atoms with Crippen LogP contribution in [0.15, 0.2) is 41.5 Å². The summed E-state index contributed by atoms with van der Waals surface area (Å²) in [6.45, 7) is 0. The Morgan fingerprint density at radius 2 is 1.67 bits per heavy atom. The topological polar surface area (TPSA) is 102 Å². The normalized spacial score (nSPS) is 11.6. The maximum absolute atomic E-state index is 12.8. The second-order valence-corrected chi connectivity index (χ2v) is 4.65. The third-order valence-electron chi connectivity index (χ3n) is 2.97. The number of benzene rings is 2. The van der Waals surface area contributed by atoms with Gasteiger partial charge >= 0.3 is 6.18 Å². The molecule has 0 aliphatic heterocycles. The predicted molar refractivity (Wildman–Crippen MR) is 77.9 cm³/mol. The Hall–Kier alpha value is -3.23. The predicted octanol–water partition coefficient (Wildman–Crippen LogP) is 2.59. The summed E-state index contributed by atoms with van der Waals surface area (Å²) in [5.41, 5.74) is 0.551. The molecule has 0 atom stereocenters. The Kier molecular flexibility index (Phi) is 4.63. The zero-order valence-electron chi connectivity index (χ0n) is 11.9. The standard InChI is InChI=1S/C15H11F3N2O4/c16-15(17,18)10-4-2-1-3-8(10)7-19-20-14(24)9-5-11(21)13(23)12(22)6-9/h1-7,21-23H,(H,20,24)/b19-7+. The van der Waals surface area contributed by atoms with Crippen LogP contribution in [0.25, 0.3) is 0 Å². The summed E-state index contributed by atoms with van der Waals surface area (Å²) >= 11 is 0. The number of carbonyl (C=O) groups excluding carboxylic acids is 1. The number of phenols is 3. The molecule has 24 heavy (non-hydrogen) atoms. The van der Waals surface area contributed by atoms with E-state index in [4.69, 9.17) is 0 Å². The van der Waals surface area contributed by atoms with E-state index in [1.54, 1.807) is 0 Å². The van der Waals surface area contributed by atoms with Crippen molar-refractivity contribution in [2.75, 3.05) is 0 Å². The number of alkyl halides is 3. The SMILES string of the molecule is O=C(N/N=C/c1ccccc1C(F)(F)F)c1cc(O)c(O)c(O)c1. The molecule has 0 aromatic heterocycles. The lowest BCUT2D eigenvalue weighted by Gasteiger charge is -2.09. The molecule has 0 aliphatic carbocycles. The van der Waals surface area contributed by atoms with Crippen molar-refractivity contribution in [3.63, 3.8) is 0 Å². The first-order chi connectivity index (χ1) is 11.2. The van der Waals surface area contributed by atoms with E-state index in [1.165, 1.54) is 18.2 Å². The van der Waals surface area contributed by atoms with Crippen LogP contribution in [0.3, 0.4) is 0 Å². The number of carbonyl (C=O) groups is 1. The van der Waals surface area contributed by atoms with Crippen LogP contribution in [0.5, 0.6) is 17.2 Å². The van der Waals surface area contributed by atoms with E-state index in [-0.39, 0.29) is 11.1 Å². The fourth-order valence-corrected chi connectivity index (χ4v) is 1.83. The highest BCUT2D eigenvalue weighted by molar-refractivity contribution is 5.96. The molecule has 0 saturated carbocycles. The van der Waals surface area contributed by atoms with Crippen LogP contribution in [-0.4, -0.2) is 27.4 Å². The number of rotatable bonds is 3. The smallest absolute Gasteiger partial charge is 0.417 e. The second-order valence-electron chi connectivity index (χ2n) is 4.65. The first-order valence-corrected chi connectivity index (χ1v) is 6.44. The summed E-state index contributed by atoms with van der Waals surface area (Å²) in [5, 5.41) is 31.2. The fraction of sp³-hybridized carbons (Fsp3) is 0.0667. The van der Waals surface area contributed by atoms with Gasteiger partial charge in [-0.05, 0) is 18.2 Å². The Bertz CT molecular complexity index is 781. The molecule has 2 rings (SSSR count). The molecule has 6 nitrogen and oxygen atoms in total. The van der Waals surface area contributed by atoms with Gasteiger partial charge in [-0.15, -0.1) is 0 Å². The van der Waals surface area contributed by atoms with E-state index in [9.17, 15) is 33.3 Å². The summed E-state index contributed by atoms with van der Waals surface area (Å²) in [4.78, 5) is 11.8. The van der Waals surface area contributed by atoms with Gasteiger partial charge in [-0.3, -0.25) is 4.79 Å². The van der Waals surface area contributed by atoms with Crippen LogP contribution >= 0.6 is 0 Å². The third-order valence-corrected chi connectivity index (χ3v) is 2.97. The van der Waals surface area contributed by atoms with Crippen molar-refractivity contribution in [1.29, 1.82) is 0 Å². The summed E-state index contributed by atoms with van der Waals surface area (Å²) < 4.78 is 38.4. The van der Waals surface area contributed by atoms with Crippen molar-refractivity contribution in [1.82, 2.24) is 5.43 Å². The minimum atomic E-state index is -4.57. The molecular formula is C15H11F3N2O4. The van der Waals surface area contributed by atoms with Crippen molar-refractivity contribution in [3.05, 3.63) is 53.1 Å². The minimum absolute atomic E-state index is 0.246. The first-order valence-electron chi connectivity index (χ1n) is 6.44. The van der Waals surface area contributed by atoms with E-state index < -0.39 is 34.9 Å². The molecule has 0 radical (unpaired) electrons. The zero-order valence-corrected chi connectivity index (χ0v) is 11.9. The zero-order chi connectivity index (χ0) is 17.9. The van der Waals surface area contributed by atoms with Crippen LogP contribution in [0.4, 0.5) is 13.2 Å². The van der Waals surface area contributed by atoms with E-state index in [1.807, 2.05) is 5.43 Å². The van der Waals surface area contributed by atoms with E-state index in [2.05, 4.69) is 5.10 Å². The van der Waals surface area contributed by atoms with Gasteiger partial charge in [0.25, 0.3) is 5.91 Å². The maximum atomic E-state index is 12.8. The van der Waals surface area contributed by atoms with Crippen molar-refractivity contribution >= 4 is 12.1 Å². The van der Waals surface area contributed by atoms with E-state index >= 15 is 0 Å². The average molecular weight is 340 g/mol. The molecule has 0 fully saturated rings. The van der Waals surface area contributed by atoms with Gasteiger partial charge in [0.15, 0.2) is 17.2 Å². The first kappa shape index (κ1) is 17.1. The molecule has 4 N–H and O–H groups in total. The van der Waals surface area contributed by atoms with Gasteiger partial charge in [0.2, 0.25) is 0 Å². The molecule has 0 spiro atoms. The molecule has 0 aliphatic rings. The summed E-state index contributed by atoms with van der Waals surface area (Å²) in [6.07, 6.45) is -3.75. The fourth-order valence-electron chi connectivity index (χ4n) is 1.83. The van der Waals surface area contributed by atoms with E-state index in [0.29, 0.717) is 0 Å². The Labute approximate surface area is 133 Å². The van der Waals surface area contributed by atoms with Gasteiger partial charge in [-0.1, -0.05) is 18.2 Å². The number of phenolic OH excluding ortho intramolecular Hbond substituents is 3. The van der Waals surface area contributed by atoms with Crippen molar-refractivity contribution in [3.8, 4) is 17.2 Å². The maximum Gasteiger partial charge on any atom is 0.417 e. The van der Waals surface area contributed by atoms with Gasteiger partial charge in [0, 0.05) is 11.1 Å². The number of amides is 1. The quantitative estimate of drug-likeness (QED) is 0.392. The molecule has 2 aromatic carbocycles. The van der Waals surface area contributed by atoms with Gasteiger partial charge < -0.3 is 15.3 Å². The molecule has 9 heteroatoms. The lowest BCUT2D eigenvalue weighted by atomic mass is 10.1. The third kappa shape index (κ3) is 3.75. The molecule has 0 saturated heterocycles. The van der Waals surface area contributed by atoms with Crippen LogP contribution in [0.2, 0.25) is 0 Å². The number of aromatic hydroxyl groups is 3. The Morgan fingerprint density at radius 3 is 2.25 bits per heavy atom. The molecule has 0 heterocycles. The van der Waals surface area contributed by atoms with Crippen molar-refractivity contribution in [2.24, 2.45) is 5.10 Å². The number of hydrazone groups is 1. The van der Waals surface area contributed by atoms with Crippen molar-refractivity contribution in [2.45, 2.75) is 6.18 Å². The summed E-state index contributed by atoms with van der Waals surface area (Å²) in [6, 6.07) is 6.39. The van der Waals surface area contributed by atoms with Gasteiger partial charge in [-0.2, -0.15) is 18.3 Å². The molecule has 126 valence electrons. The monoisotopic (exact) mass is 340 g/mol. The molecular weight excluding hydrogens is 329 g/mol. The Balaban J connectivity index is 2.17. The minimum Gasteiger partial charge on any atom is -0.504 e. The van der Waals surface area contributed by atoms with Gasteiger partial charge in [0.1, 0.15) is 0 Å². The number of hydrogen-bond donors (Lipinski definition) is 4. The molecule has 2 aromatic rings. The lowest BCUT2D eigenvalue weighted by molar-refractivity contribution is -0.137. The number of nitrogens with zero attached hydrogens (tertiary/aromatic N) is 1. The van der Waals surface area contributed by atoms with Gasteiger partial charge in [0.05, 0.1) is 11.8 Å². The summed E-state index contributed by atoms with van der Waals surface area (Å²) in [5.74, 6) is -3.16. The highest BCUT2D eigenvalue weighted by atomic mass is 19.4. The number of hydrogen-bond acceptors (Lipinski definition) is 5. The largest absolute Gasteiger partial charge is 0.504 e. The Morgan fingerprint density at radius 1 is 1.08 bits per heavy atom. The molecule has 0 unspecified atom stereocenters. The van der Waals surface area contributed by atoms with Gasteiger partial charge in [-0.25, -0.2) is 5.43 Å².